The van der Waals surface area contributed by atoms with Gasteiger partial charge in [-0.3, -0.25) is 14.6 Å². The molecule has 2 aromatic rings. The number of halogens is 1. The van der Waals surface area contributed by atoms with Crippen LogP contribution in [-0.2, 0) is 14.3 Å². The fourth-order valence-electron chi connectivity index (χ4n) is 3.15. The number of nitrogens with zero attached hydrogens (tertiary/aromatic N) is 2. The Bertz CT molecular complexity index is 865. The quantitative estimate of drug-likeness (QED) is 0.357. The summed E-state index contributed by atoms with van der Waals surface area (Å²) in [5.41, 5.74) is 1.19. The van der Waals surface area contributed by atoms with Crippen molar-refractivity contribution in [2.24, 2.45) is 0 Å². The summed E-state index contributed by atoms with van der Waals surface area (Å²) >= 11 is 5.98. The van der Waals surface area contributed by atoms with Gasteiger partial charge in [0.05, 0.1) is 11.6 Å². The number of ether oxygens (including phenoxy) is 1. The van der Waals surface area contributed by atoms with E-state index in [-0.39, 0.29) is 11.3 Å². The number of rotatable bonds is 6. The molecule has 1 aromatic carbocycles. The van der Waals surface area contributed by atoms with E-state index in [1.165, 1.54) is 17.3 Å². The van der Waals surface area contributed by atoms with Crippen LogP contribution in [0.3, 0.4) is 0 Å². The lowest BCUT2D eigenvalue weighted by atomic mass is 9.95. The first-order chi connectivity index (χ1) is 13.0. The molecule has 0 radical (unpaired) electrons. The molecule has 1 N–H and O–H groups in total. The van der Waals surface area contributed by atoms with Crippen molar-refractivity contribution in [2.75, 3.05) is 20.3 Å². The average Bonchev–Trinajstić information content (AvgIpc) is 2.94. The Kier molecular flexibility index (Phi) is 5.88. The predicted octanol–water partition coefficient (Wildman–Crippen LogP) is 3.19. The van der Waals surface area contributed by atoms with Gasteiger partial charge in [-0.2, -0.15) is 0 Å². The van der Waals surface area contributed by atoms with E-state index in [9.17, 15) is 14.7 Å². The van der Waals surface area contributed by atoms with Gasteiger partial charge in [-0.05, 0) is 36.2 Å². The van der Waals surface area contributed by atoms with Gasteiger partial charge in [0.1, 0.15) is 5.76 Å². The number of hydrogen-bond acceptors (Lipinski definition) is 5. The summed E-state index contributed by atoms with van der Waals surface area (Å²) in [5, 5.41) is 11.3. The van der Waals surface area contributed by atoms with Crippen molar-refractivity contribution in [1.82, 2.24) is 9.88 Å². The van der Waals surface area contributed by atoms with Crippen molar-refractivity contribution < 1.29 is 19.4 Å². The standard InChI is InChI=1S/C20H19ClN2O4/c1-27-12-2-11-23-17(13-3-5-15(21)6-4-13)16(19(25)20(23)26)18(24)14-7-9-22-10-8-14/h3-10,17,24H,2,11-12H2,1H3. The minimum Gasteiger partial charge on any atom is -0.507 e. The first-order valence-electron chi connectivity index (χ1n) is 8.47. The van der Waals surface area contributed by atoms with Gasteiger partial charge < -0.3 is 14.7 Å². The van der Waals surface area contributed by atoms with Crippen molar-refractivity contribution in [1.29, 1.82) is 0 Å². The molecule has 140 valence electrons. The normalized spacial score (nSPS) is 18.9. The molecule has 0 saturated carbocycles. The number of carbonyl (C=O) groups is 2. The summed E-state index contributed by atoms with van der Waals surface area (Å²) in [4.78, 5) is 30.8. The number of methoxy groups -OCH3 is 1. The monoisotopic (exact) mass is 386 g/mol. The minimum absolute atomic E-state index is 0.0611. The second-order valence-corrected chi connectivity index (χ2v) is 6.56. The van der Waals surface area contributed by atoms with Crippen LogP contribution in [0.2, 0.25) is 5.02 Å². The topological polar surface area (TPSA) is 79.7 Å². The van der Waals surface area contributed by atoms with Gasteiger partial charge >= 0.3 is 0 Å². The average molecular weight is 387 g/mol. The third-order valence-corrected chi connectivity index (χ3v) is 4.68. The molecule has 7 heteroatoms. The van der Waals surface area contributed by atoms with Crippen molar-refractivity contribution in [2.45, 2.75) is 12.5 Å². The second-order valence-electron chi connectivity index (χ2n) is 6.13. The summed E-state index contributed by atoms with van der Waals surface area (Å²) in [6, 6.07) is 9.38. The maximum absolute atomic E-state index is 12.7. The van der Waals surface area contributed by atoms with Crippen molar-refractivity contribution in [3.05, 3.63) is 70.5 Å². The number of pyridine rings is 1. The van der Waals surface area contributed by atoms with Gasteiger partial charge in [0, 0.05) is 43.2 Å². The largest absolute Gasteiger partial charge is 0.507 e. The number of aromatic nitrogens is 1. The highest BCUT2D eigenvalue weighted by Crippen LogP contribution is 2.39. The highest BCUT2D eigenvalue weighted by molar-refractivity contribution is 6.46. The molecule has 0 bridgehead atoms. The maximum Gasteiger partial charge on any atom is 0.295 e. The van der Waals surface area contributed by atoms with Crippen molar-refractivity contribution >= 4 is 29.1 Å². The van der Waals surface area contributed by atoms with Crippen LogP contribution in [0.15, 0.2) is 54.4 Å². The first-order valence-corrected chi connectivity index (χ1v) is 8.85. The zero-order valence-electron chi connectivity index (χ0n) is 14.8. The SMILES string of the molecule is COCCCN1C(=O)C(=O)C(=C(O)c2ccncc2)C1c1ccc(Cl)cc1. The fourth-order valence-corrected chi connectivity index (χ4v) is 3.27. The van der Waals surface area contributed by atoms with E-state index in [1.54, 1.807) is 43.5 Å². The van der Waals surface area contributed by atoms with Gasteiger partial charge in [-0.25, -0.2) is 0 Å². The number of aliphatic hydroxyl groups excluding tert-OH is 1. The van der Waals surface area contributed by atoms with Crippen LogP contribution in [0.4, 0.5) is 0 Å². The Morgan fingerprint density at radius 2 is 1.85 bits per heavy atom. The smallest absolute Gasteiger partial charge is 0.295 e. The van der Waals surface area contributed by atoms with Crippen LogP contribution in [-0.4, -0.2) is 46.9 Å². The molecule has 1 unspecified atom stereocenters. The van der Waals surface area contributed by atoms with E-state index in [0.717, 1.165) is 0 Å². The molecule has 27 heavy (non-hydrogen) atoms. The first kappa shape index (κ1) is 19.1. The summed E-state index contributed by atoms with van der Waals surface area (Å²) in [7, 11) is 1.58. The van der Waals surface area contributed by atoms with Gasteiger partial charge in [0.25, 0.3) is 11.7 Å². The predicted molar refractivity (Wildman–Crippen MR) is 101 cm³/mol. The molecule has 1 fully saturated rings. The van der Waals surface area contributed by atoms with Crippen molar-refractivity contribution in [3.63, 3.8) is 0 Å². The second kappa shape index (κ2) is 8.33. The molecule has 0 spiro atoms. The number of carbonyl (C=O) groups excluding carboxylic acids is 2. The maximum atomic E-state index is 12.7. The Hall–Kier alpha value is -2.70. The molecule has 1 aliphatic rings. The van der Waals surface area contributed by atoms with Gasteiger partial charge in [-0.15, -0.1) is 0 Å². The molecular weight excluding hydrogens is 368 g/mol. The van der Waals surface area contributed by atoms with Crippen LogP contribution < -0.4 is 0 Å². The zero-order chi connectivity index (χ0) is 19.4. The van der Waals surface area contributed by atoms with Crippen LogP contribution >= 0.6 is 11.6 Å². The van der Waals surface area contributed by atoms with Crippen molar-refractivity contribution in [3.8, 4) is 0 Å². The molecule has 1 amide bonds. The van der Waals surface area contributed by atoms with E-state index < -0.39 is 17.7 Å². The highest BCUT2D eigenvalue weighted by atomic mass is 35.5. The minimum atomic E-state index is -0.707. The number of ketones is 1. The van der Waals surface area contributed by atoms with Crippen LogP contribution in [0.1, 0.15) is 23.6 Å². The molecule has 1 atom stereocenters. The molecule has 1 aliphatic heterocycles. The third kappa shape index (κ3) is 3.86. The highest BCUT2D eigenvalue weighted by Gasteiger charge is 2.45. The fraction of sp³-hybridized carbons (Fsp3) is 0.250. The summed E-state index contributed by atoms with van der Waals surface area (Å²) < 4.78 is 5.06. The summed E-state index contributed by atoms with van der Waals surface area (Å²) in [6.07, 6.45) is 3.60. The lowest BCUT2D eigenvalue weighted by Crippen LogP contribution is -2.31. The van der Waals surface area contributed by atoms with E-state index in [0.29, 0.717) is 35.7 Å². The lowest BCUT2D eigenvalue weighted by Gasteiger charge is -2.25. The third-order valence-electron chi connectivity index (χ3n) is 4.43. The molecule has 0 aliphatic carbocycles. The zero-order valence-corrected chi connectivity index (χ0v) is 15.5. The lowest BCUT2D eigenvalue weighted by molar-refractivity contribution is -0.140. The van der Waals surface area contributed by atoms with Crippen LogP contribution in [0.5, 0.6) is 0 Å². The number of Topliss-reactive ketones (excluding diaryl/α,β-unsaturated/α-hetero) is 1. The van der Waals surface area contributed by atoms with E-state index in [2.05, 4.69) is 4.98 Å². The summed E-state index contributed by atoms with van der Waals surface area (Å²) in [6.45, 7) is 0.791. The number of amides is 1. The molecule has 3 rings (SSSR count). The summed E-state index contributed by atoms with van der Waals surface area (Å²) in [5.74, 6) is -1.56. The molecular formula is C20H19ClN2O4. The Labute approximate surface area is 162 Å². The van der Waals surface area contributed by atoms with Crippen LogP contribution in [0.25, 0.3) is 5.76 Å². The number of aliphatic hydroxyl groups is 1. The number of hydrogen-bond donors (Lipinski definition) is 1. The van der Waals surface area contributed by atoms with E-state index in [1.807, 2.05) is 0 Å². The van der Waals surface area contributed by atoms with Gasteiger partial charge in [0.15, 0.2) is 0 Å². The van der Waals surface area contributed by atoms with Gasteiger partial charge in [0.2, 0.25) is 0 Å². The van der Waals surface area contributed by atoms with Gasteiger partial charge in [-0.1, -0.05) is 23.7 Å². The molecule has 1 saturated heterocycles. The molecule has 1 aromatic heterocycles. The van der Waals surface area contributed by atoms with Crippen LogP contribution in [0, 0.1) is 0 Å². The Morgan fingerprint density at radius 1 is 1.19 bits per heavy atom. The number of likely N-dealkylation sites (tertiary alicyclic amines) is 1. The van der Waals surface area contributed by atoms with E-state index in [4.69, 9.17) is 16.3 Å². The Balaban J connectivity index is 2.10. The number of benzene rings is 1. The molecule has 2 heterocycles. The Morgan fingerprint density at radius 3 is 2.48 bits per heavy atom. The molecule has 6 nitrogen and oxygen atoms in total. The van der Waals surface area contributed by atoms with E-state index >= 15 is 0 Å².